The predicted octanol–water partition coefficient (Wildman–Crippen LogP) is -0.0605. The van der Waals surface area contributed by atoms with Gasteiger partial charge in [0.15, 0.2) is 0 Å². The molecule has 6 N–H and O–H groups in total. The van der Waals surface area contributed by atoms with Gasteiger partial charge in [0, 0.05) is 5.69 Å². The van der Waals surface area contributed by atoms with E-state index in [1.54, 1.807) is 19.9 Å². The van der Waals surface area contributed by atoms with E-state index in [0.29, 0.717) is 6.42 Å². The Hall–Kier alpha value is -2.05. The lowest BCUT2D eigenvalue weighted by Gasteiger charge is -2.41. The van der Waals surface area contributed by atoms with Crippen molar-refractivity contribution in [3.05, 3.63) is 29.8 Å². The number of aliphatic hydroxyl groups is 2. The molecule has 3 unspecified atom stereocenters. The van der Waals surface area contributed by atoms with Gasteiger partial charge in [0.2, 0.25) is 6.29 Å². The van der Waals surface area contributed by atoms with Crippen LogP contribution in [0.4, 0.5) is 5.69 Å². The molecule has 1 aliphatic rings. The minimum atomic E-state index is -5.16. The van der Waals surface area contributed by atoms with E-state index < -0.39 is 63.0 Å². The highest BCUT2D eigenvalue weighted by Gasteiger charge is 2.50. The van der Waals surface area contributed by atoms with Gasteiger partial charge in [-0.2, -0.15) is 0 Å². The summed E-state index contributed by atoms with van der Waals surface area (Å²) in [6, 6.07) is 5.90. The number of rotatable bonds is 8. The van der Waals surface area contributed by atoms with Gasteiger partial charge in [-0.3, -0.25) is 9.32 Å². The smallest absolute Gasteiger partial charge is 0.463 e. The zero-order chi connectivity index (χ0) is 23.3. The molecule has 31 heavy (non-hydrogen) atoms. The molecule has 6 atom stereocenters. The third kappa shape index (κ3) is 6.71. The molecule has 0 aromatic heterocycles. The van der Waals surface area contributed by atoms with Crippen LogP contribution in [-0.2, 0) is 28.1 Å². The van der Waals surface area contributed by atoms with Crippen LogP contribution in [0.15, 0.2) is 24.3 Å². The van der Waals surface area contributed by atoms with E-state index in [4.69, 9.17) is 29.7 Å². The van der Waals surface area contributed by atoms with Crippen molar-refractivity contribution < 1.29 is 52.9 Å². The fourth-order valence-electron chi connectivity index (χ4n) is 2.75. The number of carbonyl (C=O) groups excluding carboxylic acids is 2. The van der Waals surface area contributed by atoms with Gasteiger partial charge in [0.1, 0.15) is 31.0 Å². The summed E-state index contributed by atoms with van der Waals surface area (Å²) < 4.78 is 31.3. The van der Waals surface area contributed by atoms with E-state index in [-0.39, 0.29) is 11.3 Å². The largest absolute Gasteiger partial charge is 0.470 e. The van der Waals surface area contributed by atoms with Gasteiger partial charge in [-0.15, -0.1) is 0 Å². The first-order chi connectivity index (χ1) is 14.4. The quantitative estimate of drug-likeness (QED) is 0.196. The third-order valence-corrected chi connectivity index (χ3v) is 5.23. The lowest BCUT2D eigenvalue weighted by atomic mass is 9.99. The van der Waals surface area contributed by atoms with Crippen LogP contribution in [0.25, 0.3) is 0 Å². The number of hydrogen-bond acceptors (Lipinski definition) is 10. The SMILES string of the molecule is CCC(C)C(=O)OCC1O[C@@H](OC(=O)c2ccccc2N)C(O)[C@@H](OP(=O)(O)O)[C@@H]1O. The molecule has 2 rings (SSSR count). The number of benzene rings is 1. The number of phosphoric acid groups is 1. The zero-order valence-electron chi connectivity index (χ0n) is 16.9. The van der Waals surface area contributed by atoms with E-state index >= 15 is 0 Å². The molecule has 13 heteroatoms. The van der Waals surface area contributed by atoms with Gasteiger partial charge < -0.3 is 39.9 Å². The number of nitrogen functional groups attached to an aromatic ring is 1. The average molecular weight is 463 g/mol. The summed E-state index contributed by atoms with van der Waals surface area (Å²) in [5.74, 6) is -2.03. The Kier molecular flexibility index (Phi) is 8.55. The van der Waals surface area contributed by atoms with Gasteiger partial charge >= 0.3 is 19.8 Å². The summed E-state index contributed by atoms with van der Waals surface area (Å²) in [6.45, 7) is 2.85. The number of nitrogens with two attached hydrogens (primary N) is 1. The van der Waals surface area contributed by atoms with Crippen LogP contribution in [0, 0.1) is 5.92 Å². The molecular weight excluding hydrogens is 437 g/mol. The van der Waals surface area contributed by atoms with Crippen molar-refractivity contribution in [1.29, 1.82) is 0 Å². The van der Waals surface area contributed by atoms with Gasteiger partial charge in [0.05, 0.1) is 11.5 Å². The van der Waals surface area contributed by atoms with Gasteiger partial charge in [-0.25, -0.2) is 9.36 Å². The number of aliphatic hydroxyl groups excluding tert-OH is 2. The number of hydrogen-bond donors (Lipinski definition) is 5. The molecule has 0 radical (unpaired) electrons. The van der Waals surface area contributed by atoms with Crippen LogP contribution in [0.5, 0.6) is 0 Å². The topological polar surface area (TPSA) is 195 Å². The van der Waals surface area contributed by atoms with E-state index in [0.717, 1.165) is 0 Å². The van der Waals surface area contributed by atoms with Crippen molar-refractivity contribution in [3.8, 4) is 0 Å². The van der Waals surface area contributed by atoms with Crippen molar-refractivity contribution in [2.24, 2.45) is 5.92 Å². The third-order valence-electron chi connectivity index (χ3n) is 4.71. The highest BCUT2D eigenvalue weighted by molar-refractivity contribution is 7.46. The molecule has 0 aliphatic carbocycles. The Labute approximate surface area is 178 Å². The molecular formula is C18H26NO11P. The average Bonchev–Trinajstić information content (AvgIpc) is 2.70. The Morgan fingerprint density at radius 3 is 2.45 bits per heavy atom. The number of esters is 2. The summed E-state index contributed by atoms with van der Waals surface area (Å²) in [5, 5.41) is 20.8. The maximum Gasteiger partial charge on any atom is 0.470 e. The monoisotopic (exact) mass is 463 g/mol. The lowest BCUT2D eigenvalue weighted by molar-refractivity contribution is -0.283. The van der Waals surface area contributed by atoms with Crippen molar-refractivity contribution in [1.82, 2.24) is 0 Å². The van der Waals surface area contributed by atoms with E-state index in [1.165, 1.54) is 18.2 Å². The normalized spacial score (nSPS) is 27.4. The summed E-state index contributed by atoms with van der Waals surface area (Å²) >= 11 is 0. The molecule has 0 amide bonds. The molecule has 1 heterocycles. The highest BCUT2D eigenvalue weighted by Crippen LogP contribution is 2.41. The predicted molar refractivity (Wildman–Crippen MR) is 104 cm³/mol. The van der Waals surface area contributed by atoms with Crippen LogP contribution in [0.2, 0.25) is 0 Å². The minimum Gasteiger partial charge on any atom is -0.463 e. The molecule has 12 nitrogen and oxygen atoms in total. The summed E-state index contributed by atoms with van der Waals surface area (Å²) in [4.78, 5) is 42.6. The Morgan fingerprint density at radius 1 is 1.23 bits per heavy atom. The molecule has 174 valence electrons. The van der Waals surface area contributed by atoms with Crippen molar-refractivity contribution in [2.45, 2.75) is 51.0 Å². The molecule has 1 aromatic carbocycles. The maximum atomic E-state index is 12.4. The molecule has 1 aromatic rings. The fourth-order valence-corrected chi connectivity index (χ4v) is 3.31. The lowest BCUT2D eigenvalue weighted by Crippen LogP contribution is -2.60. The second-order valence-electron chi connectivity index (χ2n) is 7.02. The second-order valence-corrected chi connectivity index (χ2v) is 8.21. The second kappa shape index (κ2) is 10.5. The molecule has 0 saturated carbocycles. The van der Waals surface area contributed by atoms with Crippen molar-refractivity contribution in [2.75, 3.05) is 12.3 Å². The zero-order valence-corrected chi connectivity index (χ0v) is 17.8. The maximum absolute atomic E-state index is 12.4. The summed E-state index contributed by atoms with van der Waals surface area (Å²) in [7, 11) is -5.16. The number of para-hydroxylation sites is 1. The Balaban J connectivity index is 2.21. The molecule has 1 fully saturated rings. The Morgan fingerprint density at radius 2 is 1.87 bits per heavy atom. The number of phosphoric ester groups is 1. The van der Waals surface area contributed by atoms with Gasteiger partial charge in [-0.05, 0) is 18.6 Å². The molecule has 0 bridgehead atoms. The standard InChI is InChI=1S/C18H26NO11P/c1-3-9(2)16(22)27-8-12-13(20)15(30-31(24,25)26)14(21)18(28-12)29-17(23)10-6-4-5-7-11(10)19/h4-7,9,12-15,18,20-21H,3,8,19H2,1-2H3,(H2,24,25,26)/t9?,12?,13-,14?,15+,18+/m1/s1. The van der Waals surface area contributed by atoms with Crippen molar-refractivity contribution in [3.63, 3.8) is 0 Å². The van der Waals surface area contributed by atoms with Crippen LogP contribution < -0.4 is 5.73 Å². The molecule has 1 aliphatic heterocycles. The summed E-state index contributed by atoms with van der Waals surface area (Å²) in [6.07, 6.45) is -8.43. The van der Waals surface area contributed by atoms with Crippen molar-refractivity contribution >= 4 is 25.4 Å². The Bertz CT molecular complexity index is 828. The van der Waals surface area contributed by atoms with Gasteiger partial charge in [-0.1, -0.05) is 26.0 Å². The van der Waals surface area contributed by atoms with Gasteiger partial charge in [0.25, 0.3) is 0 Å². The molecule has 1 saturated heterocycles. The van der Waals surface area contributed by atoms with E-state index in [1.807, 2.05) is 0 Å². The van der Waals surface area contributed by atoms with Crippen LogP contribution in [-0.4, -0.2) is 69.3 Å². The first kappa shape index (κ1) is 25.2. The number of anilines is 1. The van der Waals surface area contributed by atoms with E-state index in [9.17, 15) is 24.4 Å². The first-order valence-corrected chi connectivity index (χ1v) is 10.9. The van der Waals surface area contributed by atoms with Crippen LogP contribution in [0.3, 0.4) is 0 Å². The van der Waals surface area contributed by atoms with Crippen LogP contribution >= 0.6 is 7.82 Å². The summed E-state index contributed by atoms with van der Waals surface area (Å²) in [5.41, 5.74) is 5.75. The fraction of sp³-hybridized carbons (Fsp3) is 0.556. The van der Waals surface area contributed by atoms with Crippen LogP contribution in [0.1, 0.15) is 30.6 Å². The number of ether oxygens (including phenoxy) is 3. The number of carbonyl (C=O) groups is 2. The first-order valence-electron chi connectivity index (χ1n) is 9.42. The van der Waals surface area contributed by atoms with E-state index in [2.05, 4.69) is 4.52 Å². The minimum absolute atomic E-state index is 0.0448. The molecule has 0 spiro atoms. The highest BCUT2D eigenvalue weighted by atomic mass is 31.2.